The van der Waals surface area contributed by atoms with E-state index >= 15 is 0 Å². The molecular weight excluding hydrogens is 256 g/mol. The molecule has 0 aliphatic carbocycles. The summed E-state index contributed by atoms with van der Waals surface area (Å²) in [7, 11) is 1.70. The highest BCUT2D eigenvalue weighted by Crippen LogP contribution is 2.19. The normalized spacial score (nSPS) is 25.1. The molecule has 1 aromatic rings. The molecular formula is C15H22N2OS. The van der Waals surface area contributed by atoms with Gasteiger partial charge in [-0.15, -0.1) is 0 Å². The molecule has 104 valence electrons. The van der Waals surface area contributed by atoms with Crippen molar-refractivity contribution in [2.75, 3.05) is 19.4 Å². The quantitative estimate of drug-likeness (QED) is 0.919. The van der Waals surface area contributed by atoms with Crippen LogP contribution in [0.2, 0.25) is 0 Å². The molecule has 1 aliphatic heterocycles. The SMILES string of the molecule is COc1cccc(CCN=C2NC(C)C(C)CS2)c1. The van der Waals surface area contributed by atoms with Crippen LogP contribution in [-0.2, 0) is 6.42 Å². The summed E-state index contributed by atoms with van der Waals surface area (Å²) < 4.78 is 5.22. The third-order valence-electron chi connectivity index (χ3n) is 3.48. The van der Waals surface area contributed by atoms with E-state index in [0.717, 1.165) is 29.6 Å². The van der Waals surface area contributed by atoms with Gasteiger partial charge in [0, 0.05) is 18.3 Å². The van der Waals surface area contributed by atoms with E-state index in [1.54, 1.807) is 7.11 Å². The molecule has 0 radical (unpaired) electrons. The maximum Gasteiger partial charge on any atom is 0.156 e. The molecule has 0 aromatic heterocycles. The van der Waals surface area contributed by atoms with Crippen LogP contribution >= 0.6 is 11.8 Å². The van der Waals surface area contributed by atoms with Crippen molar-refractivity contribution in [3.05, 3.63) is 29.8 Å². The Kier molecular flexibility index (Phi) is 5.14. The van der Waals surface area contributed by atoms with E-state index in [1.807, 2.05) is 23.9 Å². The fourth-order valence-electron chi connectivity index (χ4n) is 1.94. The highest BCUT2D eigenvalue weighted by atomic mass is 32.2. The number of nitrogens with one attached hydrogen (secondary N) is 1. The van der Waals surface area contributed by atoms with Crippen LogP contribution in [0.3, 0.4) is 0 Å². The summed E-state index contributed by atoms with van der Waals surface area (Å²) in [4.78, 5) is 4.65. The number of hydrogen-bond acceptors (Lipinski definition) is 3. The molecule has 2 atom stereocenters. The highest BCUT2D eigenvalue weighted by molar-refractivity contribution is 8.13. The maximum atomic E-state index is 5.22. The number of hydrogen-bond donors (Lipinski definition) is 1. The number of aliphatic imine (C=N–C) groups is 1. The molecule has 0 amide bonds. The minimum atomic E-state index is 0.525. The third-order valence-corrected chi connectivity index (χ3v) is 4.69. The van der Waals surface area contributed by atoms with E-state index < -0.39 is 0 Å². The van der Waals surface area contributed by atoms with Crippen LogP contribution in [0.15, 0.2) is 29.3 Å². The zero-order chi connectivity index (χ0) is 13.7. The second kappa shape index (κ2) is 6.85. The average Bonchev–Trinajstić information content (AvgIpc) is 2.43. The van der Waals surface area contributed by atoms with E-state index in [9.17, 15) is 0 Å². The lowest BCUT2D eigenvalue weighted by atomic mass is 10.1. The van der Waals surface area contributed by atoms with Gasteiger partial charge in [0.05, 0.1) is 7.11 Å². The van der Waals surface area contributed by atoms with E-state index in [4.69, 9.17) is 4.74 Å². The van der Waals surface area contributed by atoms with Crippen molar-refractivity contribution in [2.24, 2.45) is 10.9 Å². The van der Waals surface area contributed by atoms with Crippen LogP contribution in [0.25, 0.3) is 0 Å². The summed E-state index contributed by atoms with van der Waals surface area (Å²) >= 11 is 1.83. The Morgan fingerprint density at radius 1 is 1.42 bits per heavy atom. The summed E-state index contributed by atoms with van der Waals surface area (Å²) in [6, 6.07) is 8.72. The zero-order valence-electron chi connectivity index (χ0n) is 11.8. The van der Waals surface area contributed by atoms with Gasteiger partial charge in [-0.1, -0.05) is 30.8 Å². The number of thioether (sulfide) groups is 1. The first-order valence-electron chi connectivity index (χ1n) is 6.75. The standard InChI is InChI=1S/C15H22N2OS/c1-11-10-19-15(17-12(11)2)16-8-7-13-5-4-6-14(9-13)18-3/h4-6,9,11-12H,7-8,10H2,1-3H3,(H,16,17). The monoisotopic (exact) mass is 278 g/mol. The van der Waals surface area contributed by atoms with Gasteiger partial charge in [-0.3, -0.25) is 4.99 Å². The second-order valence-electron chi connectivity index (χ2n) is 5.01. The Hall–Kier alpha value is -1.16. The molecule has 1 heterocycles. The number of methoxy groups -OCH3 is 1. The smallest absolute Gasteiger partial charge is 0.156 e. The van der Waals surface area contributed by atoms with E-state index in [0.29, 0.717) is 12.0 Å². The topological polar surface area (TPSA) is 33.6 Å². The molecule has 3 nitrogen and oxygen atoms in total. The molecule has 4 heteroatoms. The molecule has 1 aliphatic rings. The lowest BCUT2D eigenvalue weighted by Gasteiger charge is -2.28. The van der Waals surface area contributed by atoms with E-state index in [-0.39, 0.29) is 0 Å². The highest BCUT2D eigenvalue weighted by Gasteiger charge is 2.20. The molecule has 1 fully saturated rings. The van der Waals surface area contributed by atoms with E-state index in [1.165, 1.54) is 5.56 Å². The van der Waals surface area contributed by atoms with Crippen LogP contribution in [0.4, 0.5) is 0 Å². The zero-order valence-corrected chi connectivity index (χ0v) is 12.7. The number of benzene rings is 1. The first kappa shape index (κ1) is 14.3. The van der Waals surface area contributed by atoms with Crippen LogP contribution < -0.4 is 10.1 Å². The molecule has 1 saturated heterocycles. The Bertz CT molecular complexity index is 448. The largest absolute Gasteiger partial charge is 0.497 e. The van der Waals surface area contributed by atoms with Gasteiger partial charge in [-0.05, 0) is 37.0 Å². The first-order chi connectivity index (χ1) is 9.19. The van der Waals surface area contributed by atoms with Crippen molar-refractivity contribution in [3.63, 3.8) is 0 Å². The van der Waals surface area contributed by atoms with Gasteiger partial charge in [0.1, 0.15) is 5.75 Å². The predicted molar refractivity (Wildman–Crippen MR) is 83.2 cm³/mol. The summed E-state index contributed by atoms with van der Waals surface area (Å²) in [6.45, 7) is 5.32. The summed E-state index contributed by atoms with van der Waals surface area (Å²) in [6.07, 6.45) is 0.951. The van der Waals surface area contributed by atoms with Crippen LogP contribution in [0, 0.1) is 5.92 Å². The van der Waals surface area contributed by atoms with Crippen molar-refractivity contribution >= 4 is 16.9 Å². The average molecular weight is 278 g/mol. The lowest BCUT2D eigenvalue weighted by molar-refractivity contribution is 0.414. The lowest BCUT2D eigenvalue weighted by Crippen LogP contribution is -2.41. The number of amidine groups is 1. The maximum absolute atomic E-state index is 5.22. The predicted octanol–water partition coefficient (Wildman–Crippen LogP) is 2.95. The molecule has 0 saturated carbocycles. The number of rotatable bonds is 4. The van der Waals surface area contributed by atoms with Crippen molar-refractivity contribution in [3.8, 4) is 5.75 Å². The van der Waals surface area contributed by atoms with Crippen LogP contribution in [0.5, 0.6) is 5.75 Å². The van der Waals surface area contributed by atoms with Gasteiger partial charge in [0.2, 0.25) is 0 Å². The Balaban J connectivity index is 1.85. The first-order valence-corrected chi connectivity index (χ1v) is 7.74. The summed E-state index contributed by atoms with van der Waals surface area (Å²) in [5.41, 5.74) is 1.27. The molecule has 19 heavy (non-hydrogen) atoms. The van der Waals surface area contributed by atoms with Gasteiger partial charge in [0.15, 0.2) is 5.17 Å². The number of nitrogens with zero attached hydrogens (tertiary/aromatic N) is 1. The van der Waals surface area contributed by atoms with Crippen molar-refractivity contribution in [2.45, 2.75) is 26.3 Å². The molecule has 0 spiro atoms. The fraction of sp³-hybridized carbons (Fsp3) is 0.533. The molecule has 1 N–H and O–H groups in total. The van der Waals surface area contributed by atoms with Crippen molar-refractivity contribution < 1.29 is 4.74 Å². The minimum absolute atomic E-state index is 0.525. The van der Waals surface area contributed by atoms with Gasteiger partial charge in [-0.2, -0.15) is 0 Å². The van der Waals surface area contributed by atoms with Crippen molar-refractivity contribution in [1.29, 1.82) is 0 Å². The van der Waals surface area contributed by atoms with Crippen LogP contribution in [0.1, 0.15) is 19.4 Å². The molecule has 2 rings (SSSR count). The minimum Gasteiger partial charge on any atom is -0.497 e. The summed E-state index contributed by atoms with van der Waals surface area (Å²) in [5.74, 6) is 2.78. The Labute approximate surface area is 119 Å². The number of ether oxygens (including phenoxy) is 1. The van der Waals surface area contributed by atoms with E-state index in [2.05, 4.69) is 36.3 Å². The van der Waals surface area contributed by atoms with Crippen LogP contribution in [-0.4, -0.2) is 30.6 Å². The van der Waals surface area contributed by atoms with Crippen molar-refractivity contribution in [1.82, 2.24) is 5.32 Å². The second-order valence-corrected chi connectivity index (χ2v) is 6.02. The van der Waals surface area contributed by atoms with Gasteiger partial charge >= 0.3 is 0 Å². The summed E-state index contributed by atoms with van der Waals surface area (Å²) in [5, 5.41) is 4.55. The molecule has 1 aromatic carbocycles. The molecule has 0 bridgehead atoms. The Morgan fingerprint density at radius 3 is 3.00 bits per heavy atom. The fourth-order valence-corrected chi connectivity index (χ4v) is 3.10. The van der Waals surface area contributed by atoms with Gasteiger partial charge in [0.25, 0.3) is 0 Å². The third kappa shape index (κ3) is 4.16. The Morgan fingerprint density at radius 2 is 2.26 bits per heavy atom. The molecule has 2 unspecified atom stereocenters. The van der Waals surface area contributed by atoms with Gasteiger partial charge < -0.3 is 10.1 Å². The van der Waals surface area contributed by atoms with Gasteiger partial charge in [-0.25, -0.2) is 0 Å².